The Balaban J connectivity index is 1.50. The van der Waals surface area contributed by atoms with Crippen molar-refractivity contribution in [2.75, 3.05) is 17.2 Å². The summed E-state index contributed by atoms with van der Waals surface area (Å²) in [4.78, 5) is 36.2. The van der Waals surface area contributed by atoms with E-state index in [-0.39, 0.29) is 12.5 Å². The van der Waals surface area contributed by atoms with E-state index in [1.165, 1.54) is 6.21 Å². The Morgan fingerprint density at radius 1 is 0.882 bits per heavy atom. The maximum absolute atomic E-state index is 12.2. The molecule has 0 aromatic heterocycles. The standard InChI is InChI=1S/C25H23ClN4O4/c1-16-6-3-4-9-21(16)29-24(32)25(33)30-27-14-18-7-5-8-20(12-18)34-15-23(31)28-22-13-19(26)11-10-17(22)2/h3-14H,15H2,1-2H3,(H,28,31)(H,29,32)(H,30,33)/b27-14-. The van der Waals surface area contributed by atoms with E-state index in [0.29, 0.717) is 27.7 Å². The van der Waals surface area contributed by atoms with Gasteiger partial charge in [-0.2, -0.15) is 5.10 Å². The van der Waals surface area contributed by atoms with Gasteiger partial charge in [0, 0.05) is 16.4 Å². The minimum absolute atomic E-state index is 0.206. The zero-order chi connectivity index (χ0) is 24.5. The third-order valence-electron chi connectivity index (χ3n) is 4.68. The lowest BCUT2D eigenvalue weighted by Gasteiger charge is -2.10. The summed E-state index contributed by atoms with van der Waals surface area (Å²) in [5.74, 6) is -1.63. The van der Waals surface area contributed by atoms with Crippen LogP contribution in [0.25, 0.3) is 0 Å². The first-order valence-corrected chi connectivity index (χ1v) is 10.7. The molecule has 3 amide bonds. The number of halogens is 1. The molecule has 0 saturated carbocycles. The highest BCUT2D eigenvalue weighted by molar-refractivity contribution is 6.39. The number of rotatable bonds is 7. The van der Waals surface area contributed by atoms with Crippen molar-refractivity contribution >= 4 is 46.9 Å². The van der Waals surface area contributed by atoms with Gasteiger partial charge < -0.3 is 15.4 Å². The third-order valence-corrected chi connectivity index (χ3v) is 4.92. The number of carbonyl (C=O) groups excluding carboxylic acids is 3. The Kier molecular flexibility index (Phi) is 8.37. The lowest BCUT2D eigenvalue weighted by Crippen LogP contribution is -2.32. The van der Waals surface area contributed by atoms with Gasteiger partial charge in [-0.05, 0) is 60.9 Å². The Morgan fingerprint density at radius 3 is 2.44 bits per heavy atom. The van der Waals surface area contributed by atoms with Crippen LogP contribution in [0.4, 0.5) is 11.4 Å². The monoisotopic (exact) mass is 478 g/mol. The fourth-order valence-corrected chi connectivity index (χ4v) is 3.03. The molecule has 0 unspecified atom stereocenters. The van der Waals surface area contributed by atoms with Gasteiger partial charge in [-0.3, -0.25) is 14.4 Å². The number of aryl methyl sites for hydroxylation is 2. The number of hydrazone groups is 1. The molecule has 0 heterocycles. The average molecular weight is 479 g/mol. The third kappa shape index (κ3) is 7.18. The van der Waals surface area contributed by atoms with Crippen LogP contribution < -0.4 is 20.8 Å². The minimum Gasteiger partial charge on any atom is -0.484 e. The summed E-state index contributed by atoms with van der Waals surface area (Å²) in [6.45, 7) is 3.48. The van der Waals surface area contributed by atoms with Gasteiger partial charge in [-0.25, -0.2) is 5.43 Å². The van der Waals surface area contributed by atoms with Crippen LogP contribution >= 0.6 is 11.6 Å². The lowest BCUT2D eigenvalue weighted by atomic mass is 10.2. The second kappa shape index (κ2) is 11.6. The number of carbonyl (C=O) groups is 3. The van der Waals surface area contributed by atoms with Crippen LogP contribution in [0, 0.1) is 13.8 Å². The maximum Gasteiger partial charge on any atom is 0.329 e. The van der Waals surface area contributed by atoms with Gasteiger partial charge in [-0.15, -0.1) is 0 Å². The van der Waals surface area contributed by atoms with Crippen molar-refractivity contribution in [2.24, 2.45) is 5.10 Å². The molecule has 9 heteroatoms. The first-order valence-electron chi connectivity index (χ1n) is 10.3. The second-order valence-corrected chi connectivity index (χ2v) is 7.77. The summed E-state index contributed by atoms with van der Waals surface area (Å²) in [5, 5.41) is 9.61. The molecule has 0 aliphatic rings. The lowest BCUT2D eigenvalue weighted by molar-refractivity contribution is -0.136. The molecule has 0 atom stereocenters. The summed E-state index contributed by atoms with van der Waals surface area (Å²) >= 11 is 5.97. The maximum atomic E-state index is 12.2. The van der Waals surface area contributed by atoms with Gasteiger partial charge in [0.25, 0.3) is 5.91 Å². The number of anilines is 2. The number of hydrogen-bond acceptors (Lipinski definition) is 5. The molecule has 3 N–H and O–H groups in total. The molecule has 174 valence electrons. The van der Waals surface area contributed by atoms with Crippen LogP contribution in [0.3, 0.4) is 0 Å². The molecule has 3 aromatic carbocycles. The summed E-state index contributed by atoms with van der Waals surface area (Å²) in [6.07, 6.45) is 1.36. The van der Waals surface area contributed by atoms with E-state index in [9.17, 15) is 14.4 Å². The van der Waals surface area contributed by atoms with E-state index in [1.807, 2.05) is 32.0 Å². The zero-order valence-electron chi connectivity index (χ0n) is 18.6. The fourth-order valence-electron chi connectivity index (χ4n) is 2.86. The largest absolute Gasteiger partial charge is 0.484 e. The SMILES string of the molecule is Cc1ccc(Cl)cc1NC(=O)COc1cccc(/C=N\NC(=O)C(=O)Nc2ccccc2C)c1. The smallest absolute Gasteiger partial charge is 0.329 e. The van der Waals surface area contributed by atoms with Gasteiger partial charge in [0.15, 0.2) is 6.61 Å². The minimum atomic E-state index is -0.903. The number of nitrogens with one attached hydrogen (secondary N) is 3. The second-order valence-electron chi connectivity index (χ2n) is 7.34. The molecule has 0 fully saturated rings. The molecule has 3 aromatic rings. The number of para-hydroxylation sites is 1. The van der Waals surface area contributed by atoms with Gasteiger partial charge >= 0.3 is 11.8 Å². The molecule has 0 aliphatic heterocycles. The predicted octanol–water partition coefficient (Wildman–Crippen LogP) is 4.06. The van der Waals surface area contributed by atoms with E-state index in [0.717, 1.165) is 11.1 Å². The molecule has 0 saturated heterocycles. The van der Waals surface area contributed by atoms with Crippen LogP contribution in [-0.4, -0.2) is 30.5 Å². The summed E-state index contributed by atoms with van der Waals surface area (Å²) < 4.78 is 5.54. The highest BCUT2D eigenvalue weighted by Crippen LogP contribution is 2.20. The fraction of sp³-hybridized carbons (Fsp3) is 0.120. The molecule has 0 spiro atoms. The molecule has 34 heavy (non-hydrogen) atoms. The number of hydrogen-bond donors (Lipinski definition) is 3. The van der Waals surface area contributed by atoms with Crippen LogP contribution in [0.2, 0.25) is 5.02 Å². The van der Waals surface area contributed by atoms with Crippen molar-refractivity contribution in [3.63, 3.8) is 0 Å². The van der Waals surface area contributed by atoms with Crippen LogP contribution in [0.1, 0.15) is 16.7 Å². The van der Waals surface area contributed by atoms with E-state index in [4.69, 9.17) is 16.3 Å². The van der Waals surface area contributed by atoms with Gasteiger partial charge in [0.05, 0.1) is 6.21 Å². The van der Waals surface area contributed by atoms with E-state index in [2.05, 4.69) is 21.2 Å². The van der Waals surface area contributed by atoms with Gasteiger partial charge in [0.1, 0.15) is 5.75 Å². The number of nitrogens with zero attached hydrogens (tertiary/aromatic N) is 1. The van der Waals surface area contributed by atoms with E-state index >= 15 is 0 Å². The van der Waals surface area contributed by atoms with Crippen molar-refractivity contribution in [3.8, 4) is 5.75 Å². The molecule has 0 radical (unpaired) electrons. The first-order chi connectivity index (χ1) is 16.3. The molecular weight excluding hydrogens is 456 g/mol. The summed E-state index contributed by atoms with van der Waals surface area (Å²) in [5.41, 5.74) is 5.66. The Hall–Kier alpha value is -4.17. The topological polar surface area (TPSA) is 109 Å². The highest BCUT2D eigenvalue weighted by Gasteiger charge is 2.13. The molecule has 8 nitrogen and oxygen atoms in total. The number of ether oxygens (including phenoxy) is 1. The summed E-state index contributed by atoms with van der Waals surface area (Å²) in [7, 11) is 0. The number of amides is 3. The van der Waals surface area contributed by atoms with Crippen molar-refractivity contribution in [2.45, 2.75) is 13.8 Å². The van der Waals surface area contributed by atoms with Crippen molar-refractivity contribution in [1.82, 2.24) is 5.43 Å². The van der Waals surface area contributed by atoms with Gasteiger partial charge in [-0.1, -0.05) is 48.0 Å². The normalized spacial score (nSPS) is 10.6. The number of benzene rings is 3. The Labute approximate surface area is 202 Å². The van der Waals surface area contributed by atoms with Crippen LogP contribution in [0.5, 0.6) is 5.75 Å². The molecule has 0 aliphatic carbocycles. The average Bonchev–Trinajstić information content (AvgIpc) is 2.82. The van der Waals surface area contributed by atoms with E-state index < -0.39 is 11.8 Å². The summed E-state index contributed by atoms with van der Waals surface area (Å²) in [6, 6.07) is 19.1. The Bertz CT molecular complexity index is 1240. The molecule has 3 rings (SSSR count). The van der Waals surface area contributed by atoms with Crippen molar-refractivity contribution < 1.29 is 19.1 Å². The quantitative estimate of drug-likeness (QED) is 0.270. The highest BCUT2D eigenvalue weighted by atomic mass is 35.5. The first kappa shape index (κ1) is 24.5. The van der Waals surface area contributed by atoms with Crippen molar-refractivity contribution in [1.29, 1.82) is 0 Å². The van der Waals surface area contributed by atoms with Crippen molar-refractivity contribution in [3.05, 3.63) is 88.4 Å². The van der Waals surface area contributed by atoms with Gasteiger partial charge in [0.2, 0.25) is 0 Å². The predicted molar refractivity (Wildman–Crippen MR) is 132 cm³/mol. The Morgan fingerprint density at radius 2 is 1.65 bits per heavy atom. The zero-order valence-corrected chi connectivity index (χ0v) is 19.3. The van der Waals surface area contributed by atoms with Crippen LogP contribution in [0.15, 0.2) is 71.8 Å². The van der Waals surface area contributed by atoms with Crippen LogP contribution in [-0.2, 0) is 14.4 Å². The molecular formula is C25H23ClN4O4. The van der Waals surface area contributed by atoms with E-state index in [1.54, 1.807) is 48.5 Å². The molecule has 0 bridgehead atoms.